The number of nitrogens with one attached hydrogen (secondary N) is 2. The topological polar surface area (TPSA) is 89.8 Å². The Morgan fingerprint density at radius 1 is 1.12 bits per heavy atom. The Kier molecular flexibility index (Phi) is 4.85. The third-order valence-corrected chi connectivity index (χ3v) is 3.53. The Hall–Kier alpha value is -2.74. The number of carbonyl (C=O) groups excluding carboxylic acids is 2. The molecule has 124 valence electrons. The number of furan rings is 1. The molecule has 1 aromatic carbocycles. The maximum atomic E-state index is 12.0. The van der Waals surface area contributed by atoms with Gasteiger partial charge in [-0.05, 0) is 46.3 Å². The second kappa shape index (κ2) is 7.22. The van der Waals surface area contributed by atoms with E-state index in [0.29, 0.717) is 21.9 Å². The molecule has 1 unspecified atom stereocenters. The van der Waals surface area contributed by atoms with E-state index in [1.165, 1.54) is 12.2 Å². The van der Waals surface area contributed by atoms with Gasteiger partial charge in [0.1, 0.15) is 12.4 Å². The first-order valence-electron chi connectivity index (χ1n) is 7.03. The van der Waals surface area contributed by atoms with E-state index in [4.69, 9.17) is 13.9 Å². The van der Waals surface area contributed by atoms with Crippen LogP contribution in [-0.2, 0) is 9.59 Å². The summed E-state index contributed by atoms with van der Waals surface area (Å²) in [5.41, 5.74) is 4.56. The van der Waals surface area contributed by atoms with Crippen molar-refractivity contribution in [2.75, 3.05) is 6.61 Å². The zero-order chi connectivity index (χ0) is 16.9. The monoisotopic (exact) mass is 392 g/mol. The van der Waals surface area contributed by atoms with Crippen LogP contribution in [0.25, 0.3) is 6.08 Å². The summed E-state index contributed by atoms with van der Waals surface area (Å²) < 4.78 is 16.7. The van der Waals surface area contributed by atoms with Gasteiger partial charge < -0.3 is 13.9 Å². The lowest BCUT2D eigenvalue weighted by atomic mass is 10.2. The van der Waals surface area contributed by atoms with Crippen molar-refractivity contribution in [3.05, 3.63) is 52.9 Å². The number of hydrogen-bond acceptors (Lipinski definition) is 5. The lowest BCUT2D eigenvalue weighted by Gasteiger charge is -2.25. The second-order valence-electron chi connectivity index (χ2n) is 4.82. The molecule has 0 saturated carbocycles. The Bertz CT molecular complexity index is 786. The molecule has 1 atom stereocenters. The van der Waals surface area contributed by atoms with Gasteiger partial charge in [-0.2, -0.15) is 0 Å². The summed E-state index contributed by atoms with van der Waals surface area (Å²) in [6.07, 6.45) is 1.87. The number of hydrogen-bond donors (Lipinski definition) is 2. The van der Waals surface area contributed by atoms with Crippen LogP contribution in [0.4, 0.5) is 0 Å². The molecule has 0 fully saturated rings. The zero-order valence-electron chi connectivity index (χ0n) is 12.3. The number of hydrazine groups is 1. The van der Waals surface area contributed by atoms with Gasteiger partial charge in [-0.1, -0.05) is 12.1 Å². The summed E-state index contributed by atoms with van der Waals surface area (Å²) in [5.74, 6) is 0.556. The lowest BCUT2D eigenvalue weighted by Crippen LogP contribution is -2.50. The summed E-state index contributed by atoms with van der Waals surface area (Å²) in [7, 11) is 0. The van der Waals surface area contributed by atoms with Gasteiger partial charge in [-0.15, -0.1) is 0 Å². The molecule has 2 heterocycles. The first-order valence-corrected chi connectivity index (χ1v) is 7.83. The standard InChI is InChI=1S/C16H13BrN2O5/c17-14-7-5-10(23-14)6-8-15(20)18-19-16(21)13-9-22-11-3-1-2-4-12(11)24-13/h1-8,13H,9H2,(H,18,20)(H,19,21). The Morgan fingerprint density at radius 2 is 1.92 bits per heavy atom. The molecule has 1 aromatic heterocycles. The molecular weight excluding hydrogens is 380 g/mol. The van der Waals surface area contributed by atoms with E-state index in [1.54, 1.807) is 30.3 Å². The molecule has 8 heteroatoms. The number of benzene rings is 1. The van der Waals surface area contributed by atoms with Gasteiger partial charge in [-0.3, -0.25) is 20.4 Å². The molecule has 0 radical (unpaired) electrons. The van der Waals surface area contributed by atoms with E-state index in [-0.39, 0.29) is 6.61 Å². The van der Waals surface area contributed by atoms with Crippen molar-refractivity contribution in [2.45, 2.75) is 6.10 Å². The number of halogens is 1. The van der Waals surface area contributed by atoms with Gasteiger partial charge in [0, 0.05) is 6.08 Å². The van der Waals surface area contributed by atoms with Gasteiger partial charge in [-0.25, -0.2) is 0 Å². The van der Waals surface area contributed by atoms with E-state index in [9.17, 15) is 9.59 Å². The third-order valence-electron chi connectivity index (χ3n) is 3.10. The molecule has 0 spiro atoms. The number of rotatable bonds is 3. The molecule has 1 aliphatic heterocycles. The number of ether oxygens (including phenoxy) is 2. The highest BCUT2D eigenvalue weighted by molar-refractivity contribution is 9.10. The van der Waals surface area contributed by atoms with Gasteiger partial charge in [0.05, 0.1) is 0 Å². The largest absolute Gasteiger partial charge is 0.485 e. The molecule has 7 nitrogen and oxygen atoms in total. The first-order chi connectivity index (χ1) is 11.6. The normalized spacial score (nSPS) is 16.0. The van der Waals surface area contributed by atoms with Crippen LogP contribution >= 0.6 is 15.9 Å². The highest BCUT2D eigenvalue weighted by atomic mass is 79.9. The average molecular weight is 393 g/mol. The van der Waals surface area contributed by atoms with E-state index in [0.717, 1.165) is 0 Å². The van der Waals surface area contributed by atoms with E-state index in [2.05, 4.69) is 26.8 Å². The van der Waals surface area contributed by atoms with Gasteiger partial charge >= 0.3 is 0 Å². The molecule has 3 rings (SSSR count). The summed E-state index contributed by atoms with van der Waals surface area (Å²) >= 11 is 3.16. The SMILES string of the molecule is O=C(C=Cc1ccc(Br)o1)NNC(=O)C1COc2ccccc2O1. The fraction of sp³-hybridized carbons (Fsp3) is 0.125. The number of carbonyl (C=O) groups is 2. The summed E-state index contributed by atoms with van der Waals surface area (Å²) in [5, 5.41) is 0. The van der Waals surface area contributed by atoms with Crippen molar-refractivity contribution in [2.24, 2.45) is 0 Å². The van der Waals surface area contributed by atoms with Crippen LogP contribution in [0.1, 0.15) is 5.76 Å². The van der Waals surface area contributed by atoms with Crippen LogP contribution in [-0.4, -0.2) is 24.5 Å². The van der Waals surface area contributed by atoms with E-state index in [1.807, 2.05) is 6.07 Å². The number of fused-ring (bicyclic) bond motifs is 1. The van der Waals surface area contributed by atoms with Crippen molar-refractivity contribution >= 4 is 33.8 Å². The van der Waals surface area contributed by atoms with Gasteiger partial charge in [0.25, 0.3) is 11.8 Å². The van der Waals surface area contributed by atoms with Crippen LogP contribution in [0, 0.1) is 0 Å². The number of para-hydroxylation sites is 2. The second-order valence-corrected chi connectivity index (χ2v) is 5.60. The molecule has 2 N–H and O–H groups in total. The lowest BCUT2D eigenvalue weighted by molar-refractivity contribution is -0.134. The molecule has 2 aromatic rings. The molecule has 1 aliphatic rings. The van der Waals surface area contributed by atoms with Crippen LogP contribution < -0.4 is 20.3 Å². The predicted molar refractivity (Wildman–Crippen MR) is 88.1 cm³/mol. The smallest absolute Gasteiger partial charge is 0.283 e. The Morgan fingerprint density at radius 3 is 2.67 bits per heavy atom. The van der Waals surface area contributed by atoms with Crippen LogP contribution in [0.15, 0.2) is 51.6 Å². The molecule has 24 heavy (non-hydrogen) atoms. The van der Waals surface area contributed by atoms with Crippen LogP contribution in [0.3, 0.4) is 0 Å². The quantitative estimate of drug-likeness (QED) is 0.616. The van der Waals surface area contributed by atoms with Crippen molar-refractivity contribution in [3.8, 4) is 11.5 Å². The maximum absolute atomic E-state index is 12.0. The third kappa shape index (κ3) is 3.96. The number of amides is 2. The highest BCUT2D eigenvalue weighted by Gasteiger charge is 2.27. The fourth-order valence-electron chi connectivity index (χ4n) is 1.97. The van der Waals surface area contributed by atoms with Gasteiger partial charge in [0.2, 0.25) is 6.10 Å². The minimum atomic E-state index is -0.842. The van der Waals surface area contributed by atoms with Crippen molar-refractivity contribution < 1.29 is 23.5 Å². The fourth-order valence-corrected chi connectivity index (χ4v) is 2.29. The average Bonchev–Trinajstić information content (AvgIpc) is 3.02. The highest BCUT2D eigenvalue weighted by Crippen LogP contribution is 2.30. The molecule has 0 saturated heterocycles. The summed E-state index contributed by atoms with van der Waals surface area (Å²) in [6, 6.07) is 10.4. The Balaban J connectivity index is 1.49. The summed E-state index contributed by atoms with van der Waals surface area (Å²) in [6.45, 7) is 0.0645. The molecule has 2 amide bonds. The minimum absolute atomic E-state index is 0.0645. The Labute approximate surface area is 145 Å². The predicted octanol–water partition coefficient (Wildman–Crippen LogP) is 2.04. The van der Waals surface area contributed by atoms with E-state index >= 15 is 0 Å². The molecular formula is C16H13BrN2O5. The maximum Gasteiger partial charge on any atom is 0.283 e. The zero-order valence-corrected chi connectivity index (χ0v) is 13.9. The molecule has 0 bridgehead atoms. The van der Waals surface area contributed by atoms with Crippen molar-refractivity contribution in [1.82, 2.24) is 10.9 Å². The van der Waals surface area contributed by atoms with E-state index < -0.39 is 17.9 Å². The van der Waals surface area contributed by atoms with Crippen molar-refractivity contribution in [1.29, 1.82) is 0 Å². The van der Waals surface area contributed by atoms with Crippen LogP contribution in [0.2, 0.25) is 0 Å². The first kappa shape index (κ1) is 16.1. The van der Waals surface area contributed by atoms with Gasteiger partial charge in [0.15, 0.2) is 16.2 Å². The van der Waals surface area contributed by atoms with Crippen molar-refractivity contribution in [3.63, 3.8) is 0 Å². The summed E-state index contributed by atoms with van der Waals surface area (Å²) in [4.78, 5) is 23.7. The van der Waals surface area contributed by atoms with Crippen LogP contribution in [0.5, 0.6) is 11.5 Å². The minimum Gasteiger partial charge on any atom is -0.485 e. The molecule has 0 aliphatic carbocycles.